The first-order valence-corrected chi connectivity index (χ1v) is 8.76. The second-order valence-electron chi connectivity index (χ2n) is 4.55. The molecule has 0 saturated heterocycles. The van der Waals surface area contributed by atoms with Crippen molar-refractivity contribution in [1.29, 1.82) is 0 Å². The molecule has 0 aromatic carbocycles. The van der Waals surface area contributed by atoms with E-state index in [1.807, 2.05) is 0 Å². The predicted molar refractivity (Wildman–Crippen MR) is 81.0 cm³/mol. The standard InChI is InChI=1S/C11H16BrN3O5S/c1-7(6-21(3,18)19)14-8-4-13-15(5-9(16)20-2)11(17)10(8)12/h4,7,14H,5-6H2,1-3H3. The van der Waals surface area contributed by atoms with Crippen molar-refractivity contribution in [1.82, 2.24) is 9.78 Å². The number of esters is 1. The number of methoxy groups -OCH3 is 1. The summed E-state index contributed by atoms with van der Waals surface area (Å²) in [6.45, 7) is 1.38. The molecule has 10 heteroatoms. The molecule has 0 fully saturated rings. The van der Waals surface area contributed by atoms with E-state index in [2.05, 4.69) is 31.1 Å². The minimum atomic E-state index is -3.14. The van der Waals surface area contributed by atoms with E-state index in [1.165, 1.54) is 13.3 Å². The number of rotatable bonds is 6. The van der Waals surface area contributed by atoms with Crippen LogP contribution in [0, 0.1) is 0 Å². The maximum Gasteiger partial charge on any atom is 0.327 e. The van der Waals surface area contributed by atoms with Crippen LogP contribution >= 0.6 is 15.9 Å². The fourth-order valence-corrected chi connectivity index (χ4v) is 3.04. The van der Waals surface area contributed by atoms with Gasteiger partial charge in [0.25, 0.3) is 5.56 Å². The van der Waals surface area contributed by atoms with Crippen LogP contribution in [0.1, 0.15) is 6.92 Å². The van der Waals surface area contributed by atoms with Gasteiger partial charge in [-0.05, 0) is 22.9 Å². The van der Waals surface area contributed by atoms with Crippen LogP contribution in [-0.2, 0) is 25.9 Å². The van der Waals surface area contributed by atoms with Crippen LogP contribution < -0.4 is 10.9 Å². The SMILES string of the molecule is COC(=O)Cn1ncc(NC(C)CS(C)(=O)=O)c(Br)c1=O. The smallest absolute Gasteiger partial charge is 0.327 e. The number of aromatic nitrogens is 2. The molecule has 0 amide bonds. The lowest BCUT2D eigenvalue weighted by atomic mass is 10.3. The number of anilines is 1. The van der Waals surface area contributed by atoms with Gasteiger partial charge in [0.05, 0.1) is 24.7 Å². The highest BCUT2D eigenvalue weighted by molar-refractivity contribution is 9.10. The van der Waals surface area contributed by atoms with E-state index < -0.39 is 27.4 Å². The highest BCUT2D eigenvalue weighted by Gasteiger charge is 2.15. The van der Waals surface area contributed by atoms with Crippen molar-refractivity contribution in [3.05, 3.63) is 21.0 Å². The first-order chi connectivity index (χ1) is 9.64. The number of ether oxygens (including phenoxy) is 1. The molecule has 0 bridgehead atoms. The molecule has 21 heavy (non-hydrogen) atoms. The van der Waals surface area contributed by atoms with E-state index in [0.29, 0.717) is 5.69 Å². The summed E-state index contributed by atoms with van der Waals surface area (Å²) >= 11 is 3.11. The van der Waals surface area contributed by atoms with Crippen molar-refractivity contribution in [3.63, 3.8) is 0 Å². The van der Waals surface area contributed by atoms with Gasteiger partial charge < -0.3 is 10.1 Å². The number of carbonyl (C=O) groups is 1. The molecule has 0 spiro atoms. The number of sulfone groups is 1. The molecule has 1 aromatic heterocycles. The summed E-state index contributed by atoms with van der Waals surface area (Å²) in [6.07, 6.45) is 2.47. The van der Waals surface area contributed by atoms with Crippen molar-refractivity contribution in [2.75, 3.05) is 24.4 Å². The summed E-state index contributed by atoms with van der Waals surface area (Å²) in [4.78, 5) is 23.1. The van der Waals surface area contributed by atoms with E-state index in [0.717, 1.165) is 10.9 Å². The molecular weight excluding hydrogens is 366 g/mol. The molecule has 8 nitrogen and oxygen atoms in total. The number of nitrogens with zero attached hydrogens (tertiary/aromatic N) is 2. The van der Waals surface area contributed by atoms with Crippen molar-refractivity contribution in [3.8, 4) is 0 Å². The molecular formula is C11H16BrN3O5S. The fourth-order valence-electron chi connectivity index (χ4n) is 1.63. The van der Waals surface area contributed by atoms with Crippen LogP contribution in [0.3, 0.4) is 0 Å². The van der Waals surface area contributed by atoms with Gasteiger partial charge in [-0.2, -0.15) is 5.10 Å². The molecule has 0 aliphatic heterocycles. The lowest BCUT2D eigenvalue weighted by Gasteiger charge is -2.15. The second kappa shape index (κ2) is 7.03. The highest BCUT2D eigenvalue weighted by atomic mass is 79.9. The third-order valence-corrected chi connectivity index (χ3v) is 4.32. The van der Waals surface area contributed by atoms with Gasteiger partial charge in [-0.25, -0.2) is 13.1 Å². The zero-order valence-corrected chi connectivity index (χ0v) is 14.2. The number of nitrogens with one attached hydrogen (secondary N) is 1. The Kier molecular flexibility index (Phi) is 5.90. The number of hydrogen-bond donors (Lipinski definition) is 1. The fraction of sp³-hybridized carbons (Fsp3) is 0.545. The Morgan fingerprint density at radius 1 is 1.57 bits per heavy atom. The van der Waals surface area contributed by atoms with Crippen LogP contribution in [-0.4, -0.2) is 49.3 Å². The lowest BCUT2D eigenvalue weighted by molar-refractivity contribution is -0.141. The van der Waals surface area contributed by atoms with Crippen LogP contribution in [0.25, 0.3) is 0 Å². The Labute approximate surface area is 130 Å². The molecule has 1 atom stereocenters. The Morgan fingerprint density at radius 3 is 2.71 bits per heavy atom. The highest BCUT2D eigenvalue weighted by Crippen LogP contribution is 2.17. The summed E-state index contributed by atoms with van der Waals surface area (Å²) in [5.74, 6) is -0.673. The minimum absolute atomic E-state index is 0.0787. The topological polar surface area (TPSA) is 107 Å². The maximum atomic E-state index is 12.0. The molecule has 0 saturated carbocycles. The third-order valence-electron chi connectivity index (χ3n) is 2.45. The van der Waals surface area contributed by atoms with Crippen LogP contribution in [0.4, 0.5) is 5.69 Å². The molecule has 0 aliphatic rings. The van der Waals surface area contributed by atoms with Gasteiger partial charge in [0.1, 0.15) is 20.9 Å². The largest absolute Gasteiger partial charge is 0.468 e. The van der Waals surface area contributed by atoms with E-state index in [4.69, 9.17) is 0 Å². The number of carbonyl (C=O) groups excluding carboxylic acids is 1. The Hall–Kier alpha value is -1.42. The Bertz CT molecular complexity index is 686. The summed E-state index contributed by atoms with van der Waals surface area (Å²) in [5.41, 5.74) is -0.158. The lowest BCUT2D eigenvalue weighted by Crippen LogP contribution is -2.30. The molecule has 0 radical (unpaired) electrons. The second-order valence-corrected chi connectivity index (χ2v) is 7.53. The van der Waals surface area contributed by atoms with E-state index in [9.17, 15) is 18.0 Å². The van der Waals surface area contributed by atoms with E-state index in [1.54, 1.807) is 6.92 Å². The predicted octanol–water partition coefficient (Wildman–Crippen LogP) is 0.0238. The molecule has 1 heterocycles. The summed E-state index contributed by atoms with van der Waals surface area (Å²) in [6, 6.07) is -0.394. The molecule has 1 N–H and O–H groups in total. The van der Waals surface area contributed by atoms with Crippen molar-refractivity contribution >= 4 is 37.4 Å². The number of halogens is 1. The van der Waals surface area contributed by atoms with Gasteiger partial charge in [-0.3, -0.25) is 9.59 Å². The van der Waals surface area contributed by atoms with Crippen molar-refractivity contribution in [2.24, 2.45) is 0 Å². The van der Waals surface area contributed by atoms with Gasteiger partial charge in [0, 0.05) is 12.3 Å². The van der Waals surface area contributed by atoms with E-state index in [-0.39, 0.29) is 16.8 Å². The maximum absolute atomic E-state index is 12.0. The van der Waals surface area contributed by atoms with Gasteiger partial charge in [0.2, 0.25) is 0 Å². The van der Waals surface area contributed by atoms with Crippen LogP contribution in [0.15, 0.2) is 15.5 Å². The minimum Gasteiger partial charge on any atom is -0.468 e. The Balaban J connectivity index is 2.94. The molecule has 118 valence electrons. The molecule has 1 unspecified atom stereocenters. The zero-order chi connectivity index (χ0) is 16.2. The molecule has 1 rings (SSSR count). The van der Waals surface area contributed by atoms with Gasteiger partial charge >= 0.3 is 5.97 Å². The van der Waals surface area contributed by atoms with Gasteiger partial charge in [-0.15, -0.1) is 0 Å². The average Bonchev–Trinajstić information content (AvgIpc) is 2.36. The number of hydrogen-bond acceptors (Lipinski definition) is 7. The zero-order valence-electron chi connectivity index (χ0n) is 11.8. The summed E-state index contributed by atoms with van der Waals surface area (Å²) in [5, 5.41) is 6.72. The van der Waals surface area contributed by atoms with E-state index >= 15 is 0 Å². The first kappa shape index (κ1) is 17.6. The van der Waals surface area contributed by atoms with Crippen molar-refractivity contribution in [2.45, 2.75) is 19.5 Å². The molecule has 0 aliphatic carbocycles. The normalized spacial score (nSPS) is 12.8. The monoisotopic (exact) mass is 381 g/mol. The summed E-state index contributed by atoms with van der Waals surface area (Å²) in [7, 11) is -1.92. The van der Waals surface area contributed by atoms with Crippen molar-refractivity contribution < 1.29 is 17.9 Å². The summed E-state index contributed by atoms with van der Waals surface area (Å²) < 4.78 is 28.0. The Morgan fingerprint density at radius 2 is 2.19 bits per heavy atom. The van der Waals surface area contributed by atoms with Crippen LogP contribution in [0.2, 0.25) is 0 Å². The van der Waals surface area contributed by atoms with Gasteiger partial charge in [-0.1, -0.05) is 0 Å². The third kappa shape index (κ3) is 5.46. The van der Waals surface area contributed by atoms with Crippen LogP contribution in [0.5, 0.6) is 0 Å². The quantitative estimate of drug-likeness (QED) is 0.692. The first-order valence-electron chi connectivity index (χ1n) is 5.90. The molecule has 1 aromatic rings. The van der Waals surface area contributed by atoms with Gasteiger partial charge in [0.15, 0.2) is 0 Å². The average molecular weight is 382 g/mol.